The lowest BCUT2D eigenvalue weighted by Crippen LogP contribution is -2.57. The maximum atomic E-state index is 14.5. The van der Waals surface area contributed by atoms with Crippen LogP contribution in [0.25, 0.3) is 11.3 Å². The van der Waals surface area contributed by atoms with Crippen LogP contribution >= 0.6 is 15.9 Å². The number of halogens is 5. The molecular formula is C23H25BrF4N6O4. The van der Waals surface area contributed by atoms with Crippen LogP contribution in [0.3, 0.4) is 0 Å². The third kappa shape index (κ3) is 4.85. The summed E-state index contributed by atoms with van der Waals surface area (Å²) in [5.41, 5.74) is 0.237. The molecule has 1 aliphatic carbocycles. The molecule has 0 unspecified atom stereocenters. The summed E-state index contributed by atoms with van der Waals surface area (Å²) in [6, 6.07) is 0.642. The van der Waals surface area contributed by atoms with E-state index in [1.54, 1.807) is 0 Å². The second-order valence-corrected chi connectivity index (χ2v) is 10.3. The Kier molecular flexibility index (Phi) is 7.57. The second-order valence-electron chi connectivity index (χ2n) is 9.45. The molecule has 15 heteroatoms. The molecule has 1 aliphatic heterocycles. The maximum absolute atomic E-state index is 14.5. The number of alkyl halides is 2. The molecule has 2 N–H and O–H groups in total. The van der Waals surface area contributed by atoms with Crippen molar-refractivity contribution in [1.29, 1.82) is 0 Å². The van der Waals surface area contributed by atoms with E-state index in [1.807, 2.05) is 0 Å². The molecule has 10 nitrogen and oxygen atoms in total. The van der Waals surface area contributed by atoms with Gasteiger partial charge in [-0.1, -0.05) is 10.4 Å². The van der Waals surface area contributed by atoms with E-state index in [0.29, 0.717) is 12.1 Å². The molecular weight excluding hydrogens is 580 g/mol. The normalized spacial score (nSPS) is 29.2. The highest BCUT2D eigenvalue weighted by molar-refractivity contribution is 9.10. The number of hydrogen-bond acceptors (Lipinski definition) is 8. The molecule has 0 amide bonds. The fraction of sp³-hybridized carbons (Fsp3) is 0.565. The smallest absolute Gasteiger partial charge is 0.270 e. The lowest BCUT2D eigenvalue weighted by atomic mass is 9.90. The number of hydrogen-bond donors (Lipinski definition) is 2. The van der Waals surface area contributed by atoms with Gasteiger partial charge < -0.3 is 19.7 Å². The Labute approximate surface area is 222 Å². The monoisotopic (exact) mass is 604 g/mol. The molecule has 2 aromatic heterocycles. The van der Waals surface area contributed by atoms with Gasteiger partial charge in [-0.15, -0.1) is 10.2 Å². The number of benzene rings is 1. The number of ether oxygens (including phenoxy) is 2. The summed E-state index contributed by atoms with van der Waals surface area (Å²) in [7, 11) is 1.39. The van der Waals surface area contributed by atoms with E-state index in [0.717, 1.165) is 0 Å². The third-order valence-corrected chi connectivity index (χ3v) is 7.74. The van der Waals surface area contributed by atoms with E-state index in [4.69, 9.17) is 9.47 Å². The molecule has 2 aliphatic rings. The van der Waals surface area contributed by atoms with Crippen LogP contribution in [0.5, 0.6) is 0 Å². The number of aliphatic hydroxyl groups is 2. The molecule has 38 heavy (non-hydrogen) atoms. The first-order valence-corrected chi connectivity index (χ1v) is 12.7. The Bertz CT molecular complexity index is 1290. The summed E-state index contributed by atoms with van der Waals surface area (Å²) in [6.45, 7) is -0.542. The van der Waals surface area contributed by atoms with Crippen molar-refractivity contribution >= 4 is 15.9 Å². The molecule has 0 radical (unpaired) electrons. The van der Waals surface area contributed by atoms with Gasteiger partial charge in [0, 0.05) is 31.7 Å². The Morgan fingerprint density at radius 3 is 2.58 bits per heavy atom. The largest absolute Gasteiger partial charge is 0.394 e. The van der Waals surface area contributed by atoms with Gasteiger partial charge >= 0.3 is 0 Å². The van der Waals surface area contributed by atoms with Gasteiger partial charge in [0.15, 0.2) is 11.6 Å². The number of nitrogens with zero attached hydrogens (tertiary/aromatic N) is 6. The summed E-state index contributed by atoms with van der Waals surface area (Å²) in [6.07, 6.45) is -0.721. The summed E-state index contributed by atoms with van der Waals surface area (Å²) >= 11 is 2.93. The number of methoxy groups -OCH3 is 1. The van der Waals surface area contributed by atoms with Gasteiger partial charge in [-0.25, -0.2) is 26.9 Å². The summed E-state index contributed by atoms with van der Waals surface area (Å²) in [5, 5.41) is 36.7. The van der Waals surface area contributed by atoms with Crippen LogP contribution in [0, 0.1) is 11.6 Å². The summed E-state index contributed by atoms with van der Waals surface area (Å²) in [4.78, 5) is 0. The molecule has 1 saturated carbocycles. The van der Waals surface area contributed by atoms with Crippen LogP contribution in [-0.2, 0) is 15.9 Å². The van der Waals surface area contributed by atoms with Crippen LogP contribution in [0.2, 0.25) is 0 Å². The highest BCUT2D eigenvalue weighted by atomic mass is 79.9. The zero-order chi connectivity index (χ0) is 27.2. The molecule has 206 valence electrons. The van der Waals surface area contributed by atoms with Crippen molar-refractivity contribution < 1.29 is 37.2 Å². The highest BCUT2D eigenvalue weighted by Crippen LogP contribution is 2.43. The van der Waals surface area contributed by atoms with Crippen LogP contribution < -0.4 is 0 Å². The molecule has 2 fully saturated rings. The molecule has 3 heterocycles. The van der Waals surface area contributed by atoms with Crippen molar-refractivity contribution in [2.45, 2.75) is 68.1 Å². The van der Waals surface area contributed by atoms with Gasteiger partial charge in [-0.3, -0.25) is 0 Å². The Balaban J connectivity index is 1.42. The van der Waals surface area contributed by atoms with E-state index < -0.39 is 60.7 Å². The molecule has 1 aromatic carbocycles. The van der Waals surface area contributed by atoms with Gasteiger partial charge in [0.25, 0.3) is 5.92 Å². The first-order chi connectivity index (χ1) is 18.1. The minimum Gasteiger partial charge on any atom is -0.394 e. The molecule has 6 atom stereocenters. The average Bonchev–Trinajstić information content (AvgIpc) is 3.63. The first-order valence-electron chi connectivity index (χ1n) is 12.0. The van der Waals surface area contributed by atoms with E-state index in [1.165, 1.54) is 41.0 Å². The lowest BCUT2D eigenvalue weighted by molar-refractivity contribution is -0.212. The standard InChI is InChI=1S/C23H25BrF4N6O4/c1-37-22-15(7-11-8-33(31-29-11)17-3-2-6-23(17,27)28)38-16(10-35)21(36)20(22)34-9-14(30-32-34)12-4-5-13(24)19(26)18(12)25/h4-5,8-9,15-17,20-22,35-36H,2-3,6-7,10H2,1H3/t15-,16-,17-,20+,21+,22+/m1/s1. The van der Waals surface area contributed by atoms with Crippen LogP contribution in [0.15, 0.2) is 29.0 Å². The molecule has 0 bridgehead atoms. The van der Waals surface area contributed by atoms with Gasteiger partial charge in [0.2, 0.25) is 0 Å². The van der Waals surface area contributed by atoms with Crippen LogP contribution in [-0.4, -0.2) is 84.3 Å². The zero-order valence-corrected chi connectivity index (χ0v) is 21.7. The van der Waals surface area contributed by atoms with E-state index in [-0.39, 0.29) is 35.0 Å². The Morgan fingerprint density at radius 1 is 1.13 bits per heavy atom. The molecule has 0 spiro atoms. The minimum absolute atomic E-state index is 0.0139. The van der Waals surface area contributed by atoms with Gasteiger partial charge in [-0.05, 0) is 40.9 Å². The van der Waals surface area contributed by atoms with Crippen molar-refractivity contribution in [2.75, 3.05) is 13.7 Å². The second kappa shape index (κ2) is 10.6. The van der Waals surface area contributed by atoms with Crippen molar-refractivity contribution in [3.05, 3.63) is 46.3 Å². The molecule has 5 rings (SSSR count). The number of rotatable bonds is 7. The molecule has 1 saturated heterocycles. The third-order valence-electron chi connectivity index (χ3n) is 7.13. The Hall–Kier alpha value is -2.46. The topological polar surface area (TPSA) is 120 Å². The highest BCUT2D eigenvalue weighted by Gasteiger charge is 2.48. The summed E-state index contributed by atoms with van der Waals surface area (Å²) in [5.74, 6) is -5.08. The van der Waals surface area contributed by atoms with Crippen molar-refractivity contribution in [1.82, 2.24) is 30.0 Å². The van der Waals surface area contributed by atoms with E-state index in [9.17, 15) is 27.8 Å². The van der Waals surface area contributed by atoms with Gasteiger partial charge in [0.05, 0.1) is 29.1 Å². The quantitative estimate of drug-likeness (QED) is 0.312. The van der Waals surface area contributed by atoms with Crippen molar-refractivity contribution in [3.8, 4) is 11.3 Å². The minimum atomic E-state index is -2.87. The zero-order valence-electron chi connectivity index (χ0n) is 20.1. The lowest BCUT2D eigenvalue weighted by Gasteiger charge is -2.43. The SMILES string of the molecule is CO[C@@H]1[C@@H](n2cc(-c3ccc(Br)c(F)c3F)nn2)[C@@H](O)[C@@H](CO)O[C@@H]1Cc1cn([C@@H]2CCCC2(F)F)nn1. The predicted octanol–water partition coefficient (Wildman–Crippen LogP) is 2.86. The average molecular weight is 605 g/mol. The van der Waals surface area contributed by atoms with Crippen molar-refractivity contribution in [2.24, 2.45) is 0 Å². The van der Waals surface area contributed by atoms with E-state index in [2.05, 4.69) is 36.6 Å². The number of aromatic nitrogens is 6. The summed E-state index contributed by atoms with van der Waals surface area (Å²) < 4.78 is 70.9. The van der Waals surface area contributed by atoms with E-state index >= 15 is 0 Å². The fourth-order valence-corrected chi connectivity index (χ4v) is 5.51. The molecule has 3 aromatic rings. The van der Waals surface area contributed by atoms with Crippen LogP contribution in [0.1, 0.15) is 37.0 Å². The Morgan fingerprint density at radius 2 is 1.89 bits per heavy atom. The maximum Gasteiger partial charge on any atom is 0.270 e. The number of aliphatic hydroxyl groups excluding tert-OH is 2. The van der Waals surface area contributed by atoms with Gasteiger partial charge in [0.1, 0.15) is 36.1 Å². The fourth-order valence-electron chi connectivity index (χ4n) is 5.20. The first kappa shape index (κ1) is 27.1. The predicted molar refractivity (Wildman–Crippen MR) is 126 cm³/mol. The van der Waals surface area contributed by atoms with Crippen LogP contribution in [0.4, 0.5) is 17.6 Å². The van der Waals surface area contributed by atoms with Crippen molar-refractivity contribution in [3.63, 3.8) is 0 Å². The van der Waals surface area contributed by atoms with Gasteiger partial charge in [-0.2, -0.15) is 0 Å².